The van der Waals surface area contributed by atoms with E-state index in [9.17, 15) is 24.9 Å². The minimum Gasteiger partial charge on any atom is -0.497 e. The monoisotopic (exact) mass is 722 g/mol. The zero-order chi connectivity index (χ0) is 31.6. The molecule has 1 fully saturated rings. The number of nitrogens with one attached hydrogen (secondary N) is 1. The molecular weight excluding hydrogens is 679 g/mol. The van der Waals surface area contributed by atoms with Crippen LogP contribution in [0, 0.1) is 9.49 Å². The normalized spacial score (nSPS) is 20.1. The van der Waals surface area contributed by atoms with Gasteiger partial charge in [-0.2, -0.15) is 0 Å². The number of benzene rings is 2. The van der Waals surface area contributed by atoms with Crippen LogP contribution in [0.1, 0.15) is 49.7 Å². The van der Waals surface area contributed by atoms with Crippen molar-refractivity contribution < 1.29 is 39.1 Å². The Morgan fingerprint density at radius 2 is 1.84 bits per heavy atom. The smallest absolute Gasteiger partial charge is 0.247 e. The molecule has 0 heterocycles. The Morgan fingerprint density at radius 3 is 2.52 bits per heavy atom. The van der Waals surface area contributed by atoms with Crippen molar-refractivity contribution in [2.24, 2.45) is 5.92 Å². The molecule has 0 saturated heterocycles. The van der Waals surface area contributed by atoms with Gasteiger partial charge in [-0.25, -0.2) is 0 Å². The molecule has 240 valence electrons. The van der Waals surface area contributed by atoms with E-state index < -0.39 is 24.2 Å². The van der Waals surface area contributed by atoms with Gasteiger partial charge in [-0.1, -0.05) is 25.0 Å². The number of carbonyl (C=O) groups is 2. The third-order valence-electron chi connectivity index (χ3n) is 8.37. The van der Waals surface area contributed by atoms with Crippen molar-refractivity contribution in [3.63, 3.8) is 0 Å². The highest BCUT2D eigenvalue weighted by Gasteiger charge is 2.41. The molecule has 2 aliphatic rings. The van der Waals surface area contributed by atoms with Crippen LogP contribution in [0.5, 0.6) is 17.2 Å². The minimum atomic E-state index is -1.15. The molecule has 0 unspecified atom stereocenters. The van der Waals surface area contributed by atoms with Crippen LogP contribution >= 0.6 is 22.6 Å². The number of hydrogen-bond donors (Lipinski definition) is 4. The second kappa shape index (κ2) is 16.4. The summed E-state index contributed by atoms with van der Waals surface area (Å²) in [6, 6.07) is 10.4. The molecule has 0 bridgehead atoms. The van der Waals surface area contributed by atoms with Gasteiger partial charge in [0.05, 0.1) is 37.0 Å². The fraction of sp³-hybridized carbons (Fsp3) is 0.515. The molecule has 1 saturated carbocycles. The van der Waals surface area contributed by atoms with E-state index in [1.807, 2.05) is 24.3 Å². The summed E-state index contributed by atoms with van der Waals surface area (Å²) in [7, 11) is 3.10. The molecule has 2 amide bonds. The molecule has 3 atom stereocenters. The van der Waals surface area contributed by atoms with E-state index in [2.05, 4.69) is 27.9 Å². The van der Waals surface area contributed by atoms with Crippen molar-refractivity contribution in [3.05, 3.63) is 62.7 Å². The second-order valence-electron chi connectivity index (χ2n) is 11.3. The fourth-order valence-electron chi connectivity index (χ4n) is 6.03. The third kappa shape index (κ3) is 8.64. The quantitative estimate of drug-likeness (QED) is 0.218. The van der Waals surface area contributed by atoms with Crippen LogP contribution in [0.2, 0.25) is 0 Å². The fourth-order valence-corrected chi connectivity index (χ4v) is 6.82. The van der Waals surface area contributed by atoms with Crippen LogP contribution < -0.4 is 19.5 Å². The summed E-state index contributed by atoms with van der Waals surface area (Å²) in [5.74, 6) is 1.31. The van der Waals surface area contributed by atoms with E-state index in [4.69, 9.17) is 14.2 Å². The molecule has 2 aliphatic carbocycles. The Balaban J connectivity index is 1.68. The number of ether oxygens (including phenoxy) is 3. The lowest BCUT2D eigenvalue weighted by Crippen LogP contribution is -2.55. The summed E-state index contributed by atoms with van der Waals surface area (Å²) < 4.78 is 18.0. The van der Waals surface area contributed by atoms with Crippen LogP contribution in [0.4, 0.5) is 0 Å². The summed E-state index contributed by atoms with van der Waals surface area (Å²) in [6.45, 7) is 0.0134. The van der Waals surface area contributed by atoms with Crippen LogP contribution in [0.25, 0.3) is 0 Å². The van der Waals surface area contributed by atoms with Crippen LogP contribution in [0.15, 0.2) is 48.0 Å². The van der Waals surface area contributed by atoms with E-state index in [0.717, 1.165) is 37.0 Å². The van der Waals surface area contributed by atoms with Crippen LogP contribution in [-0.4, -0.2) is 84.2 Å². The van der Waals surface area contributed by atoms with Gasteiger partial charge in [0, 0.05) is 31.5 Å². The van der Waals surface area contributed by atoms with E-state index in [-0.39, 0.29) is 32.1 Å². The Morgan fingerprint density at radius 1 is 1.07 bits per heavy atom. The van der Waals surface area contributed by atoms with Gasteiger partial charge in [0.1, 0.15) is 18.0 Å². The molecule has 11 heteroatoms. The van der Waals surface area contributed by atoms with Crippen molar-refractivity contribution in [1.82, 2.24) is 10.2 Å². The first-order valence-corrected chi connectivity index (χ1v) is 16.2. The number of amides is 2. The maximum atomic E-state index is 14.0. The van der Waals surface area contributed by atoms with Gasteiger partial charge in [-0.3, -0.25) is 9.59 Å². The van der Waals surface area contributed by atoms with Crippen LogP contribution in [-0.2, 0) is 22.6 Å². The lowest BCUT2D eigenvalue weighted by atomic mass is 9.87. The number of nitrogens with zero attached hydrogens (tertiary/aromatic N) is 1. The molecule has 0 aromatic heterocycles. The van der Waals surface area contributed by atoms with Gasteiger partial charge in [0.2, 0.25) is 11.8 Å². The zero-order valence-electron chi connectivity index (χ0n) is 25.3. The summed E-state index contributed by atoms with van der Waals surface area (Å²) in [5.41, 5.74) is 1.99. The van der Waals surface area contributed by atoms with Gasteiger partial charge in [-0.15, -0.1) is 0 Å². The standard InChI is InChI=1S/C33H43IN2O8/c1-42-25-9-5-8-22(14-25)10-12-36(30(39)17-21-6-3-4-7-21)27-18-24(33(41)35-11-13-37)19-28(31(27)40)44-32-26(34)15-23(20-38)16-29(32)43-2/h5,8-9,14-16,19,21,27-28,31,37-38,40H,3-4,6-7,10-13,17-18,20H2,1-2H3,(H,35,41)/t27-,28+,31+/m1/s1. The third-order valence-corrected chi connectivity index (χ3v) is 9.18. The van der Waals surface area contributed by atoms with Crippen molar-refractivity contribution >= 4 is 34.4 Å². The van der Waals surface area contributed by atoms with E-state index in [1.165, 1.54) is 7.11 Å². The van der Waals surface area contributed by atoms with Gasteiger partial charge in [0.15, 0.2) is 11.5 Å². The summed E-state index contributed by atoms with van der Waals surface area (Å²) in [4.78, 5) is 28.9. The van der Waals surface area contributed by atoms with Gasteiger partial charge in [-0.05, 0) is 89.2 Å². The van der Waals surface area contributed by atoms with E-state index >= 15 is 0 Å². The lowest BCUT2D eigenvalue weighted by molar-refractivity contribution is -0.139. The van der Waals surface area contributed by atoms with Crippen molar-refractivity contribution in [1.29, 1.82) is 0 Å². The lowest BCUT2D eigenvalue weighted by Gasteiger charge is -2.41. The predicted octanol–water partition coefficient (Wildman–Crippen LogP) is 3.37. The van der Waals surface area contributed by atoms with Gasteiger partial charge >= 0.3 is 0 Å². The largest absolute Gasteiger partial charge is 0.497 e. The highest BCUT2D eigenvalue weighted by molar-refractivity contribution is 14.1. The molecule has 0 aliphatic heterocycles. The molecule has 4 N–H and O–H groups in total. The Bertz CT molecular complexity index is 1310. The van der Waals surface area contributed by atoms with Crippen LogP contribution in [0.3, 0.4) is 0 Å². The van der Waals surface area contributed by atoms with E-state index in [0.29, 0.717) is 51.5 Å². The maximum absolute atomic E-state index is 14.0. The number of methoxy groups -OCH3 is 2. The number of hydrogen-bond acceptors (Lipinski definition) is 8. The minimum absolute atomic E-state index is 0.0564. The first kappa shape index (κ1) is 34.0. The van der Waals surface area contributed by atoms with Crippen molar-refractivity contribution in [2.75, 3.05) is 33.9 Å². The Hall–Kier alpha value is -2.87. The topological polar surface area (TPSA) is 138 Å². The van der Waals surface area contributed by atoms with Gasteiger partial charge < -0.3 is 39.7 Å². The summed E-state index contributed by atoms with van der Waals surface area (Å²) in [6.07, 6.45) is 4.73. The molecular formula is C33H43IN2O8. The first-order chi connectivity index (χ1) is 21.3. The Labute approximate surface area is 272 Å². The number of halogens is 1. The first-order valence-electron chi connectivity index (χ1n) is 15.1. The molecule has 0 radical (unpaired) electrons. The van der Waals surface area contributed by atoms with E-state index in [1.54, 1.807) is 30.2 Å². The number of rotatable bonds is 14. The highest BCUT2D eigenvalue weighted by Crippen LogP contribution is 2.37. The maximum Gasteiger partial charge on any atom is 0.247 e. The number of aliphatic hydroxyl groups excluding tert-OH is 3. The molecule has 0 spiro atoms. The molecule has 2 aromatic carbocycles. The number of carbonyl (C=O) groups excluding carboxylic acids is 2. The Kier molecular flexibility index (Phi) is 12.7. The average molecular weight is 723 g/mol. The molecule has 44 heavy (non-hydrogen) atoms. The molecule has 10 nitrogen and oxygen atoms in total. The summed E-state index contributed by atoms with van der Waals surface area (Å²) >= 11 is 2.08. The average Bonchev–Trinajstić information content (AvgIpc) is 3.55. The molecule has 4 rings (SSSR count). The number of aliphatic hydroxyl groups is 3. The second-order valence-corrected chi connectivity index (χ2v) is 12.5. The van der Waals surface area contributed by atoms with Crippen molar-refractivity contribution in [3.8, 4) is 17.2 Å². The summed E-state index contributed by atoms with van der Waals surface area (Å²) in [5, 5.41) is 33.5. The zero-order valence-corrected chi connectivity index (χ0v) is 27.5. The van der Waals surface area contributed by atoms with Gasteiger partial charge in [0.25, 0.3) is 0 Å². The highest BCUT2D eigenvalue weighted by atomic mass is 127. The van der Waals surface area contributed by atoms with Crippen molar-refractivity contribution in [2.45, 2.75) is 69.8 Å². The molecule has 2 aromatic rings. The predicted molar refractivity (Wildman–Crippen MR) is 174 cm³/mol. The SMILES string of the molecule is COc1cccc(CCN(C(=O)CC2CCCC2)[C@@H]2CC(C(=O)NCCO)=C[C@H](Oc3c(I)cc(CO)cc3OC)[C@H]2O)c1.